The van der Waals surface area contributed by atoms with Crippen molar-refractivity contribution in [3.05, 3.63) is 52.2 Å². The number of primary sulfonamides is 1. The molecule has 19 heavy (non-hydrogen) atoms. The van der Waals surface area contributed by atoms with E-state index < -0.39 is 21.1 Å². The first-order valence-electron chi connectivity index (χ1n) is 5.61. The van der Waals surface area contributed by atoms with E-state index in [1.807, 2.05) is 5.38 Å². The van der Waals surface area contributed by atoms with Crippen LogP contribution in [0, 0.1) is 5.82 Å². The molecule has 1 aromatic heterocycles. The molecule has 0 saturated heterocycles. The van der Waals surface area contributed by atoms with Crippen molar-refractivity contribution in [2.45, 2.75) is 18.1 Å². The predicted octanol–water partition coefficient (Wildman–Crippen LogP) is 2.24. The second-order valence-electron chi connectivity index (χ2n) is 4.12. The normalized spacial score (nSPS) is 13.4. The highest BCUT2D eigenvalue weighted by Gasteiger charge is 2.26. The van der Waals surface area contributed by atoms with Gasteiger partial charge in [-0.15, -0.1) is 11.3 Å². The minimum absolute atomic E-state index is 0.111. The molecule has 0 saturated carbocycles. The van der Waals surface area contributed by atoms with Crippen LogP contribution in [-0.4, -0.2) is 13.4 Å². The number of nitrogens with zero attached hydrogens (tertiary/aromatic N) is 1. The fraction of sp³-hybridized carbons (Fsp3) is 0.250. The summed E-state index contributed by atoms with van der Waals surface area (Å²) in [4.78, 5) is 4.08. The van der Waals surface area contributed by atoms with E-state index >= 15 is 0 Å². The quantitative estimate of drug-likeness (QED) is 0.920. The molecule has 2 aromatic rings. The lowest BCUT2D eigenvalue weighted by molar-refractivity contribution is 0.559. The van der Waals surface area contributed by atoms with Crippen LogP contribution in [-0.2, 0) is 16.4 Å². The number of sulfonamides is 1. The van der Waals surface area contributed by atoms with Gasteiger partial charge in [-0.3, -0.25) is 0 Å². The highest BCUT2D eigenvalue weighted by molar-refractivity contribution is 7.89. The largest absolute Gasteiger partial charge is 0.250 e. The lowest BCUT2D eigenvalue weighted by Gasteiger charge is -2.15. The first kappa shape index (κ1) is 14.1. The van der Waals surface area contributed by atoms with Crippen LogP contribution in [0.4, 0.5) is 4.39 Å². The van der Waals surface area contributed by atoms with Gasteiger partial charge in [-0.25, -0.2) is 22.9 Å². The molecule has 102 valence electrons. The minimum Gasteiger partial charge on any atom is -0.250 e. The van der Waals surface area contributed by atoms with Gasteiger partial charge in [0.2, 0.25) is 10.0 Å². The molecule has 0 radical (unpaired) electrons. The number of nitrogens with two attached hydrogens (primary N) is 1. The highest BCUT2D eigenvalue weighted by Crippen LogP contribution is 2.27. The fourth-order valence-electron chi connectivity index (χ4n) is 1.87. The zero-order chi connectivity index (χ0) is 13.9. The Morgan fingerprint density at radius 2 is 2.11 bits per heavy atom. The van der Waals surface area contributed by atoms with Crippen LogP contribution in [0.3, 0.4) is 0 Å². The summed E-state index contributed by atoms with van der Waals surface area (Å²) >= 11 is 1.43. The highest BCUT2D eigenvalue weighted by atomic mass is 32.2. The molecule has 1 aromatic carbocycles. The van der Waals surface area contributed by atoms with E-state index in [2.05, 4.69) is 4.98 Å². The lowest BCUT2D eigenvalue weighted by atomic mass is 10.1. The van der Waals surface area contributed by atoms with Crippen molar-refractivity contribution in [2.24, 2.45) is 5.14 Å². The number of aromatic nitrogens is 1. The number of halogens is 1. The summed E-state index contributed by atoms with van der Waals surface area (Å²) in [5, 5.41) is 6.00. The third-order valence-electron chi connectivity index (χ3n) is 2.79. The second kappa shape index (κ2) is 5.77. The van der Waals surface area contributed by atoms with Crippen LogP contribution in [0.15, 0.2) is 35.2 Å². The smallest absolute Gasteiger partial charge is 0.216 e. The standard InChI is InChI=1S/C12H13FN2O2S2/c13-11-4-2-1-3-10(11)12(19(14,16)17)6-5-9-7-18-8-15-9/h1-4,7-8,12H,5-6H2,(H2,14,16,17). The number of rotatable bonds is 5. The van der Waals surface area contributed by atoms with Gasteiger partial charge in [0.25, 0.3) is 0 Å². The topological polar surface area (TPSA) is 73.1 Å². The summed E-state index contributed by atoms with van der Waals surface area (Å²) < 4.78 is 37.0. The van der Waals surface area contributed by atoms with E-state index in [4.69, 9.17) is 5.14 Å². The van der Waals surface area contributed by atoms with E-state index in [0.717, 1.165) is 5.69 Å². The molecule has 0 aliphatic rings. The molecule has 0 fully saturated rings. The Morgan fingerprint density at radius 3 is 2.68 bits per heavy atom. The maximum Gasteiger partial charge on any atom is 0.216 e. The number of thiazole rings is 1. The van der Waals surface area contributed by atoms with Gasteiger partial charge in [0.05, 0.1) is 11.2 Å². The van der Waals surface area contributed by atoms with Gasteiger partial charge in [0, 0.05) is 10.9 Å². The van der Waals surface area contributed by atoms with Crippen molar-refractivity contribution >= 4 is 21.4 Å². The van der Waals surface area contributed by atoms with E-state index in [9.17, 15) is 12.8 Å². The molecule has 4 nitrogen and oxygen atoms in total. The molecule has 1 atom stereocenters. The van der Waals surface area contributed by atoms with E-state index in [0.29, 0.717) is 6.42 Å². The number of aryl methyl sites for hydroxylation is 1. The van der Waals surface area contributed by atoms with Crippen LogP contribution >= 0.6 is 11.3 Å². The Labute approximate surface area is 115 Å². The molecular formula is C12H13FN2O2S2. The van der Waals surface area contributed by atoms with E-state index in [-0.39, 0.29) is 12.0 Å². The molecule has 0 aliphatic carbocycles. The Hall–Kier alpha value is -1.31. The van der Waals surface area contributed by atoms with Crippen molar-refractivity contribution in [1.82, 2.24) is 4.98 Å². The van der Waals surface area contributed by atoms with Crippen molar-refractivity contribution in [3.8, 4) is 0 Å². The number of benzene rings is 1. The number of hydrogen-bond acceptors (Lipinski definition) is 4. The first-order valence-corrected chi connectivity index (χ1v) is 8.17. The van der Waals surface area contributed by atoms with Crippen LogP contribution in [0.25, 0.3) is 0 Å². The van der Waals surface area contributed by atoms with Crippen molar-refractivity contribution in [2.75, 3.05) is 0 Å². The predicted molar refractivity (Wildman–Crippen MR) is 72.7 cm³/mol. The number of hydrogen-bond donors (Lipinski definition) is 1. The van der Waals surface area contributed by atoms with Gasteiger partial charge in [0.15, 0.2) is 0 Å². The summed E-state index contributed by atoms with van der Waals surface area (Å²) in [5.41, 5.74) is 2.57. The molecule has 0 bridgehead atoms. The Balaban J connectivity index is 2.25. The maximum atomic E-state index is 13.7. The van der Waals surface area contributed by atoms with Crippen molar-refractivity contribution in [3.63, 3.8) is 0 Å². The zero-order valence-corrected chi connectivity index (χ0v) is 11.6. The summed E-state index contributed by atoms with van der Waals surface area (Å²) in [6, 6.07) is 5.79. The molecule has 0 amide bonds. The van der Waals surface area contributed by atoms with Crippen LogP contribution < -0.4 is 5.14 Å². The van der Waals surface area contributed by atoms with Gasteiger partial charge in [-0.05, 0) is 18.9 Å². The third-order valence-corrected chi connectivity index (χ3v) is 4.71. The first-order chi connectivity index (χ1) is 8.98. The average Bonchev–Trinajstić information content (AvgIpc) is 2.83. The van der Waals surface area contributed by atoms with Gasteiger partial charge in [0.1, 0.15) is 11.1 Å². The maximum absolute atomic E-state index is 13.7. The Kier molecular flexibility index (Phi) is 4.28. The van der Waals surface area contributed by atoms with Gasteiger partial charge in [-0.1, -0.05) is 18.2 Å². The fourth-order valence-corrected chi connectivity index (χ4v) is 3.46. The van der Waals surface area contributed by atoms with E-state index in [1.165, 1.54) is 29.5 Å². The van der Waals surface area contributed by atoms with Crippen molar-refractivity contribution in [1.29, 1.82) is 0 Å². The summed E-state index contributed by atoms with van der Waals surface area (Å²) in [6.45, 7) is 0. The van der Waals surface area contributed by atoms with E-state index in [1.54, 1.807) is 11.6 Å². The zero-order valence-electron chi connectivity index (χ0n) is 9.99. The summed E-state index contributed by atoms with van der Waals surface area (Å²) in [5.74, 6) is -0.556. The van der Waals surface area contributed by atoms with Crippen molar-refractivity contribution < 1.29 is 12.8 Å². The SMILES string of the molecule is NS(=O)(=O)C(CCc1cscn1)c1ccccc1F. The van der Waals surface area contributed by atoms with Crippen LogP contribution in [0.1, 0.15) is 22.9 Å². The molecule has 2 N–H and O–H groups in total. The molecule has 7 heteroatoms. The van der Waals surface area contributed by atoms with Crippen LogP contribution in [0.5, 0.6) is 0 Å². The molecular weight excluding hydrogens is 287 g/mol. The Bertz CT molecular complexity index is 642. The monoisotopic (exact) mass is 300 g/mol. The lowest BCUT2D eigenvalue weighted by Crippen LogP contribution is -2.23. The molecule has 2 rings (SSSR count). The third kappa shape index (κ3) is 3.59. The molecule has 0 aliphatic heterocycles. The van der Waals surface area contributed by atoms with Gasteiger partial charge in [-0.2, -0.15) is 0 Å². The molecule has 1 unspecified atom stereocenters. The minimum atomic E-state index is -3.86. The second-order valence-corrected chi connectivity index (χ2v) is 6.58. The van der Waals surface area contributed by atoms with Crippen LogP contribution in [0.2, 0.25) is 0 Å². The molecule has 0 spiro atoms. The van der Waals surface area contributed by atoms with Gasteiger partial charge >= 0.3 is 0 Å². The summed E-state index contributed by atoms with van der Waals surface area (Å²) in [6.07, 6.45) is 0.655. The van der Waals surface area contributed by atoms with Gasteiger partial charge < -0.3 is 0 Å². The average molecular weight is 300 g/mol. The molecule has 1 heterocycles. The summed E-state index contributed by atoms with van der Waals surface area (Å²) in [7, 11) is -3.86. The Morgan fingerprint density at radius 1 is 1.37 bits per heavy atom.